The molecule has 0 N–H and O–H groups in total. The van der Waals surface area contributed by atoms with Gasteiger partial charge >= 0.3 is 0 Å². The van der Waals surface area contributed by atoms with Gasteiger partial charge in [0.25, 0.3) is 11.8 Å². The zero-order chi connectivity index (χ0) is 16.6. The first-order valence-corrected chi connectivity index (χ1v) is 11.0. The number of benzene rings is 2. The molecule has 0 radical (unpaired) electrons. The van der Waals surface area contributed by atoms with Crippen LogP contribution in [0.3, 0.4) is 0 Å². The highest BCUT2D eigenvalue weighted by Crippen LogP contribution is 2.25. The largest absolute Gasteiger partial charge is 0.277 e. The minimum atomic E-state index is -1.94. The number of hydrogen-bond donors (Lipinski definition) is 0. The number of carbonyl (C=O) groups excluding carboxylic acids is 2. The summed E-state index contributed by atoms with van der Waals surface area (Å²) in [7, 11) is -1.94. The Morgan fingerprint density at radius 1 is 0.957 bits per heavy atom. The van der Waals surface area contributed by atoms with Crippen molar-refractivity contribution in [2.75, 3.05) is 6.17 Å². The van der Waals surface area contributed by atoms with Gasteiger partial charge in [-0.2, -0.15) is 0 Å². The predicted octanol–water partition coefficient (Wildman–Crippen LogP) is 3.45. The van der Waals surface area contributed by atoms with Crippen LogP contribution in [0.4, 0.5) is 4.39 Å². The highest BCUT2D eigenvalue weighted by atomic mass is 28.3. The zero-order valence-corrected chi connectivity index (χ0v) is 14.2. The molecule has 3 nitrogen and oxygen atoms in total. The van der Waals surface area contributed by atoms with Crippen LogP contribution in [-0.2, 0) is 6.04 Å². The van der Waals surface area contributed by atoms with Gasteiger partial charge in [0, 0.05) is 6.17 Å². The van der Waals surface area contributed by atoms with Crippen LogP contribution in [0.5, 0.6) is 0 Å². The average molecular weight is 327 g/mol. The molecule has 0 atom stereocenters. The second-order valence-electron chi connectivity index (χ2n) is 6.71. The molecule has 0 aromatic heterocycles. The maximum atomic E-state index is 13.3. The summed E-state index contributed by atoms with van der Waals surface area (Å²) in [5.41, 5.74) is 1.87. The maximum absolute atomic E-state index is 13.3. The zero-order valence-electron chi connectivity index (χ0n) is 13.2. The molecule has 0 bridgehead atoms. The van der Waals surface area contributed by atoms with Gasteiger partial charge in [-0.05, 0) is 35.9 Å². The van der Waals surface area contributed by atoms with Crippen molar-refractivity contribution in [3.8, 4) is 0 Å². The summed E-state index contributed by atoms with van der Waals surface area (Å²) >= 11 is 0. The van der Waals surface area contributed by atoms with E-state index in [2.05, 4.69) is 13.1 Å². The Morgan fingerprint density at radius 3 is 2.13 bits per heavy atom. The topological polar surface area (TPSA) is 37.4 Å². The molecule has 0 aliphatic carbocycles. The molecule has 0 saturated heterocycles. The Kier molecular flexibility index (Phi) is 3.89. The quantitative estimate of drug-likeness (QED) is 0.637. The van der Waals surface area contributed by atoms with Crippen molar-refractivity contribution in [3.05, 3.63) is 71.0 Å². The smallest absolute Gasteiger partial charge is 0.261 e. The van der Waals surface area contributed by atoms with Gasteiger partial charge in [0.1, 0.15) is 5.82 Å². The second kappa shape index (κ2) is 5.74. The molecule has 5 heteroatoms. The van der Waals surface area contributed by atoms with Gasteiger partial charge in [0.15, 0.2) is 0 Å². The Labute approximate surface area is 135 Å². The van der Waals surface area contributed by atoms with E-state index >= 15 is 0 Å². The van der Waals surface area contributed by atoms with E-state index in [1.807, 2.05) is 6.07 Å². The number of hydrogen-bond acceptors (Lipinski definition) is 2. The summed E-state index contributed by atoms with van der Waals surface area (Å²) in [6.45, 7) is 4.23. The number of nitrogens with zero attached hydrogens (tertiary/aromatic N) is 1. The molecule has 118 valence electrons. The molecule has 3 rings (SSSR count). The van der Waals surface area contributed by atoms with Crippen molar-refractivity contribution in [3.63, 3.8) is 0 Å². The normalized spacial score (nSPS) is 14.3. The summed E-state index contributed by atoms with van der Waals surface area (Å²) in [5, 5.41) is 0. The summed E-state index contributed by atoms with van der Waals surface area (Å²) in [6.07, 6.45) is 0.440. The van der Waals surface area contributed by atoms with Gasteiger partial charge < -0.3 is 0 Å². The lowest BCUT2D eigenvalue weighted by atomic mass is 10.1. The Hall–Kier alpha value is -2.27. The number of imide groups is 1. The van der Waals surface area contributed by atoms with Gasteiger partial charge in [0.05, 0.1) is 19.2 Å². The Bertz CT molecular complexity index is 753. The lowest BCUT2D eigenvalue weighted by molar-refractivity contribution is 0.0677. The SMILES string of the molecule is C[Si](C)(Cc1cccc(F)c1)CN1C(=O)c2ccccc2C1=O. The van der Waals surface area contributed by atoms with Crippen molar-refractivity contribution in [1.82, 2.24) is 4.90 Å². The van der Waals surface area contributed by atoms with E-state index in [1.54, 1.807) is 30.3 Å². The lowest BCUT2D eigenvalue weighted by Gasteiger charge is -2.27. The van der Waals surface area contributed by atoms with Crippen LogP contribution in [0.25, 0.3) is 0 Å². The van der Waals surface area contributed by atoms with Crippen molar-refractivity contribution in [2.45, 2.75) is 19.1 Å². The van der Waals surface area contributed by atoms with Crippen LogP contribution >= 0.6 is 0 Å². The fourth-order valence-electron chi connectivity index (χ4n) is 3.07. The molecule has 1 heterocycles. The summed E-state index contributed by atoms with van der Waals surface area (Å²) in [5.74, 6) is -0.691. The number of halogens is 1. The summed E-state index contributed by atoms with van der Waals surface area (Å²) in [6, 6.07) is 14.2. The molecule has 0 spiro atoms. The molecule has 0 unspecified atom stereocenters. The van der Waals surface area contributed by atoms with Crippen LogP contribution < -0.4 is 0 Å². The second-order valence-corrected chi connectivity index (χ2v) is 11.7. The molecular formula is C18H18FNO2Si. The first-order chi connectivity index (χ1) is 10.9. The lowest BCUT2D eigenvalue weighted by Crippen LogP contribution is -2.47. The summed E-state index contributed by atoms with van der Waals surface area (Å²) < 4.78 is 13.3. The fourth-order valence-corrected chi connectivity index (χ4v) is 5.65. The predicted molar refractivity (Wildman–Crippen MR) is 89.4 cm³/mol. The molecular weight excluding hydrogens is 309 g/mol. The first-order valence-electron chi connectivity index (χ1n) is 7.57. The highest BCUT2D eigenvalue weighted by Gasteiger charge is 2.38. The van der Waals surface area contributed by atoms with E-state index in [0.29, 0.717) is 17.3 Å². The Balaban J connectivity index is 1.79. The highest BCUT2D eigenvalue weighted by molar-refractivity contribution is 6.77. The van der Waals surface area contributed by atoms with E-state index in [1.165, 1.54) is 17.0 Å². The molecule has 1 aliphatic heterocycles. The van der Waals surface area contributed by atoms with Crippen LogP contribution in [0.1, 0.15) is 26.3 Å². The van der Waals surface area contributed by atoms with Crippen LogP contribution in [-0.4, -0.2) is 31.0 Å². The van der Waals surface area contributed by atoms with E-state index < -0.39 is 8.07 Å². The van der Waals surface area contributed by atoms with Crippen LogP contribution in [0.2, 0.25) is 13.1 Å². The molecule has 2 aromatic carbocycles. The third-order valence-corrected chi connectivity index (χ3v) is 6.57. The number of rotatable bonds is 4. The van der Waals surface area contributed by atoms with Gasteiger partial charge in [-0.3, -0.25) is 14.5 Å². The Morgan fingerprint density at radius 2 is 1.57 bits per heavy atom. The van der Waals surface area contributed by atoms with Crippen molar-refractivity contribution in [1.29, 1.82) is 0 Å². The van der Waals surface area contributed by atoms with Crippen molar-refractivity contribution >= 4 is 19.9 Å². The van der Waals surface area contributed by atoms with Gasteiger partial charge in [-0.1, -0.05) is 37.4 Å². The van der Waals surface area contributed by atoms with E-state index in [-0.39, 0.29) is 17.6 Å². The van der Waals surface area contributed by atoms with Crippen LogP contribution in [0, 0.1) is 5.82 Å². The molecule has 23 heavy (non-hydrogen) atoms. The van der Waals surface area contributed by atoms with Crippen molar-refractivity contribution < 1.29 is 14.0 Å². The fraction of sp³-hybridized carbons (Fsp3) is 0.222. The van der Waals surface area contributed by atoms with Crippen LogP contribution in [0.15, 0.2) is 48.5 Å². The molecule has 0 saturated carbocycles. The van der Waals surface area contributed by atoms with E-state index in [0.717, 1.165) is 11.6 Å². The summed E-state index contributed by atoms with van der Waals surface area (Å²) in [4.78, 5) is 26.3. The van der Waals surface area contributed by atoms with E-state index in [9.17, 15) is 14.0 Å². The van der Waals surface area contributed by atoms with Gasteiger partial charge in [0.2, 0.25) is 0 Å². The number of amides is 2. The molecule has 0 fully saturated rings. The van der Waals surface area contributed by atoms with Gasteiger partial charge in [-0.15, -0.1) is 0 Å². The number of fused-ring (bicyclic) bond motifs is 1. The minimum Gasteiger partial charge on any atom is -0.277 e. The molecule has 2 aromatic rings. The monoisotopic (exact) mass is 327 g/mol. The first kappa shape index (κ1) is 15.6. The number of carbonyl (C=O) groups is 2. The third kappa shape index (κ3) is 3.10. The van der Waals surface area contributed by atoms with Gasteiger partial charge in [-0.25, -0.2) is 4.39 Å². The molecule has 2 amide bonds. The van der Waals surface area contributed by atoms with E-state index in [4.69, 9.17) is 0 Å². The molecule has 1 aliphatic rings. The standard InChI is InChI=1S/C18H18FNO2Si/c1-23(2,11-13-6-5-7-14(19)10-13)12-20-17(21)15-8-3-4-9-16(15)18(20)22/h3-10H,11-12H2,1-2H3. The van der Waals surface area contributed by atoms with Crippen molar-refractivity contribution in [2.24, 2.45) is 0 Å². The average Bonchev–Trinajstić information content (AvgIpc) is 2.72. The minimum absolute atomic E-state index is 0.217. The third-order valence-electron chi connectivity index (χ3n) is 4.04. The maximum Gasteiger partial charge on any atom is 0.261 e.